The highest BCUT2D eigenvalue weighted by molar-refractivity contribution is 6.31. The van der Waals surface area contributed by atoms with Crippen molar-refractivity contribution in [3.05, 3.63) is 34.3 Å². The maximum Gasteiger partial charge on any atom is 0.0438 e. The van der Waals surface area contributed by atoms with E-state index in [2.05, 4.69) is 36.9 Å². The summed E-state index contributed by atoms with van der Waals surface area (Å²) in [4.78, 5) is 2.53. The summed E-state index contributed by atoms with van der Waals surface area (Å²) >= 11 is 6.14. The molecule has 1 aromatic rings. The van der Waals surface area contributed by atoms with Gasteiger partial charge in [-0.05, 0) is 56.0 Å². The average Bonchev–Trinajstić information content (AvgIpc) is 2.27. The zero-order valence-electron chi connectivity index (χ0n) is 10.2. The van der Waals surface area contributed by atoms with Crippen molar-refractivity contribution in [2.24, 2.45) is 5.92 Å². The summed E-state index contributed by atoms with van der Waals surface area (Å²) in [6, 6.07) is 6.42. The van der Waals surface area contributed by atoms with Crippen molar-refractivity contribution in [3.63, 3.8) is 0 Å². The Labute approximate surface area is 103 Å². The highest BCUT2D eigenvalue weighted by Crippen LogP contribution is 2.21. The molecule has 88 valence electrons. The van der Waals surface area contributed by atoms with Crippen LogP contribution in [0.4, 0.5) is 0 Å². The number of rotatable bonds is 2. The fraction of sp³-hybridized carbons (Fsp3) is 0.571. The van der Waals surface area contributed by atoms with Gasteiger partial charge in [0.15, 0.2) is 0 Å². The van der Waals surface area contributed by atoms with Crippen molar-refractivity contribution in [1.82, 2.24) is 4.90 Å². The quantitative estimate of drug-likeness (QED) is 0.755. The van der Waals surface area contributed by atoms with Gasteiger partial charge in [0.25, 0.3) is 0 Å². The Morgan fingerprint density at radius 2 is 2.00 bits per heavy atom. The number of halogens is 1. The highest BCUT2D eigenvalue weighted by atomic mass is 35.5. The Morgan fingerprint density at radius 3 is 2.62 bits per heavy atom. The summed E-state index contributed by atoms with van der Waals surface area (Å²) in [5.41, 5.74) is 2.50. The molecule has 1 aliphatic rings. The minimum absolute atomic E-state index is 0.892. The molecule has 0 aliphatic carbocycles. The summed E-state index contributed by atoms with van der Waals surface area (Å²) in [6.45, 7) is 7.90. The first kappa shape index (κ1) is 11.9. The van der Waals surface area contributed by atoms with E-state index in [1.165, 1.54) is 31.5 Å². The van der Waals surface area contributed by atoms with Gasteiger partial charge in [0, 0.05) is 11.6 Å². The Balaban J connectivity index is 1.96. The topological polar surface area (TPSA) is 3.24 Å². The Morgan fingerprint density at radius 1 is 1.31 bits per heavy atom. The lowest BCUT2D eigenvalue weighted by atomic mass is 9.99. The molecule has 0 radical (unpaired) electrons. The molecule has 1 aliphatic heterocycles. The number of hydrogen-bond acceptors (Lipinski definition) is 1. The minimum atomic E-state index is 0.892. The van der Waals surface area contributed by atoms with Gasteiger partial charge in [-0.3, -0.25) is 4.90 Å². The maximum atomic E-state index is 6.14. The normalized spacial score (nSPS) is 18.9. The third kappa shape index (κ3) is 2.99. The average molecular weight is 238 g/mol. The number of hydrogen-bond donors (Lipinski definition) is 0. The zero-order chi connectivity index (χ0) is 11.5. The molecule has 0 N–H and O–H groups in total. The second-order valence-corrected chi connectivity index (χ2v) is 5.45. The molecule has 0 unspecified atom stereocenters. The second kappa shape index (κ2) is 5.20. The predicted molar refractivity (Wildman–Crippen MR) is 69.9 cm³/mol. The van der Waals surface area contributed by atoms with Gasteiger partial charge in [-0.2, -0.15) is 0 Å². The lowest BCUT2D eigenvalue weighted by molar-refractivity contribution is 0.185. The fourth-order valence-corrected chi connectivity index (χ4v) is 2.42. The fourth-order valence-electron chi connectivity index (χ4n) is 2.21. The zero-order valence-corrected chi connectivity index (χ0v) is 10.9. The molecule has 0 amide bonds. The lowest BCUT2D eigenvalue weighted by Crippen LogP contribution is -2.32. The molecule has 1 aromatic carbocycles. The van der Waals surface area contributed by atoms with E-state index in [0.29, 0.717) is 0 Å². The van der Waals surface area contributed by atoms with E-state index in [0.717, 1.165) is 23.0 Å². The van der Waals surface area contributed by atoms with Gasteiger partial charge in [-0.25, -0.2) is 0 Å². The molecule has 0 atom stereocenters. The van der Waals surface area contributed by atoms with E-state index in [4.69, 9.17) is 11.6 Å². The Hall–Kier alpha value is -0.530. The van der Waals surface area contributed by atoms with Crippen LogP contribution < -0.4 is 0 Å². The second-order valence-electron chi connectivity index (χ2n) is 5.04. The van der Waals surface area contributed by atoms with E-state index in [1.54, 1.807) is 0 Å². The molecular formula is C14H20ClN. The largest absolute Gasteiger partial charge is 0.299 e. The van der Waals surface area contributed by atoms with Crippen molar-refractivity contribution in [2.45, 2.75) is 33.2 Å². The molecule has 1 nitrogen and oxygen atoms in total. The number of likely N-dealkylation sites (tertiary alicyclic amines) is 1. The molecule has 1 saturated heterocycles. The van der Waals surface area contributed by atoms with Gasteiger partial charge >= 0.3 is 0 Å². The van der Waals surface area contributed by atoms with Crippen LogP contribution in [-0.2, 0) is 6.54 Å². The third-order valence-corrected chi connectivity index (χ3v) is 3.93. The Bertz CT molecular complexity index is 354. The van der Waals surface area contributed by atoms with E-state index < -0.39 is 0 Å². The SMILES string of the molecule is Cc1ccc(CN2CCC(C)CC2)cc1Cl. The highest BCUT2D eigenvalue weighted by Gasteiger charge is 2.15. The standard InChI is InChI=1S/C14H20ClN/c1-11-5-7-16(8-6-11)10-13-4-3-12(2)14(15)9-13/h3-4,9,11H,5-8,10H2,1-2H3. The van der Waals surface area contributed by atoms with Crippen molar-refractivity contribution in [2.75, 3.05) is 13.1 Å². The summed E-state index contributed by atoms with van der Waals surface area (Å²) in [5.74, 6) is 0.901. The van der Waals surface area contributed by atoms with Crippen LogP contribution in [0.25, 0.3) is 0 Å². The van der Waals surface area contributed by atoms with Gasteiger partial charge in [-0.1, -0.05) is 30.7 Å². The first-order valence-corrected chi connectivity index (χ1v) is 6.50. The van der Waals surface area contributed by atoms with Crippen molar-refractivity contribution < 1.29 is 0 Å². The van der Waals surface area contributed by atoms with E-state index in [-0.39, 0.29) is 0 Å². The van der Waals surface area contributed by atoms with Crippen LogP contribution in [0.1, 0.15) is 30.9 Å². The molecule has 0 saturated carbocycles. The van der Waals surface area contributed by atoms with Crippen LogP contribution in [-0.4, -0.2) is 18.0 Å². The van der Waals surface area contributed by atoms with Crippen molar-refractivity contribution in [3.8, 4) is 0 Å². The van der Waals surface area contributed by atoms with E-state index in [1.807, 2.05) is 0 Å². The van der Waals surface area contributed by atoms with Crippen LogP contribution in [0, 0.1) is 12.8 Å². The lowest BCUT2D eigenvalue weighted by Gasteiger charge is -2.30. The third-order valence-electron chi connectivity index (χ3n) is 3.52. The molecule has 2 rings (SSSR count). The number of aryl methyl sites for hydroxylation is 1. The number of benzene rings is 1. The van der Waals surface area contributed by atoms with Crippen LogP contribution >= 0.6 is 11.6 Å². The summed E-state index contributed by atoms with van der Waals surface area (Å²) in [5, 5.41) is 0.892. The summed E-state index contributed by atoms with van der Waals surface area (Å²) in [7, 11) is 0. The molecule has 2 heteroatoms. The summed E-state index contributed by atoms with van der Waals surface area (Å²) in [6.07, 6.45) is 2.67. The van der Waals surface area contributed by atoms with Gasteiger partial charge in [-0.15, -0.1) is 0 Å². The van der Waals surface area contributed by atoms with Crippen LogP contribution in [0.3, 0.4) is 0 Å². The smallest absolute Gasteiger partial charge is 0.0438 e. The minimum Gasteiger partial charge on any atom is -0.299 e. The van der Waals surface area contributed by atoms with Gasteiger partial charge in [0.1, 0.15) is 0 Å². The molecule has 1 fully saturated rings. The van der Waals surface area contributed by atoms with E-state index in [9.17, 15) is 0 Å². The molecule has 0 spiro atoms. The first-order chi connectivity index (χ1) is 7.65. The molecule has 0 bridgehead atoms. The number of piperidine rings is 1. The molecular weight excluding hydrogens is 218 g/mol. The Kier molecular flexibility index (Phi) is 3.88. The molecule has 16 heavy (non-hydrogen) atoms. The van der Waals surface area contributed by atoms with Crippen molar-refractivity contribution >= 4 is 11.6 Å². The number of nitrogens with zero attached hydrogens (tertiary/aromatic N) is 1. The van der Waals surface area contributed by atoms with Gasteiger partial charge in [0.05, 0.1) is 0 Å². The predicted octanol–water partition coefficient (Wildman–Crippen LogP) is 3.88. The van der Waals surface area contributed by atoms with Gasteiger partial charge in [0.2, 0.25) is 0 Å². The monoisotopic (exact) mass is 237 g/mol. The van der Waals surface area contributed by atoms with Crippen LogP contribution in [0.15, 0.2) is 18.2 Å². The van der Waals surface area contributed by atoms with Gasteiger partial charge < -0.3 is 0 Å². The maximum absolute atomic E-state index is 6.14. The molecule has 0 aromatic heterocycles. The van der Waals surface area contributed by atoms with Crippen LogP contribution in [0.5, 0.6) is 0 Å². The summed E-state index contributed by atoms with van der Waals surface area (Å²) < 4.78 is 0. The molecule has 1 heterocycles. The van der Waals surface area contributed by atoms with Crippen molar-refractivity contribution in [1.29, 1.82) is 0 Å². The van der Waals surface area contributed by atoms with Crippen LogP contribution in [0.2, 0.25) is 5.02 Å². The van der Waals surface area contributed by atoms with E-state index >= 15 is 0 Å². The first-order valence-electron chi connectivity index (χ1n) is 6.12.